The van der Waals surface area contributed by atoms with Crippen molar-refractivity contribution in [1.29, 1.82) is 0 Å². The minimum absolute atomic E-state index is 0.00855. The summed E-state index contributed by atoms with van der Waals surface area (Å²) in [6.45, 7) is 2.69. The average Bonchev–Trinajstić information content (AvgIpc) is 3.12. The summed E-state index contributed by atoms with van der Waals surface area (Å²) in [7, 11) is 0. The molecule has 24 heavy (non-hydrogen) atoms. The second-order valence-electron chi connectivity index (χ2n) is 6.52. The topological polar surface area (TPSA) is 89.8 Å². The number of nitro groups is 1. The zero-order valence-electron chi connectivity index (χ0n) is 13.5. The summed E-state index contributed by atoms with van der Waals surface area (Å²) in [5, 5.41) is 11.1. The number of ether oxygens (including phenoxy) is 1. The third-order valence-electron chi connectivity index (χ3n) is 4.80. The predicted molar refractivity (Wildman–Crippen MR) is 85.4 cm³/mol. The molecule has 1 aliphatic heterocycles. The number of amides is 1. The van der Waals surface area contributed by atoms with Gasteiger partial charge in [-0.05, 0) is 31.2 Å². The monoisotopic (exact) mass is 332 g/mol. The van der Waals surface area contributed by atoms with Gasteiger partial charge in [0.1, 0.15) is 12.2 Å². The van der Waals surface area contributed by atoms with E-state index in [0.717, 1.165) is 19.3 Å². The first-order valence-corrected chi connectivity index (χ1v) is 8.20. The maximum atomic E-state index is 12.7. The van der Waals surface area contributed by atoms with Gasteiger partial charge in [0, 0.05) is 12.6 Å². The van der Waals surface area contributed by atoms with Crippen LogP contribution in [0.5, 0.6) is 0 Å². The summed E-state index contributed by atoms with van der Waals surface area (Å²) < 4.78 is 5.35. The standard InChI is InChI=1S/C17H20N2O5/c1-11-9-14(11)17(21)24-10-12-5-4-8-18(12)16(20)13-6-2-3-7-15(13)19(22)23/h2-3,6-7,11-12,14H,4-5,8-10H2,1H3. The van der Waals surface area contributed by atoms with Gasteiger partial charge in [0.2, 0.25) is 0 Å². The van der Waals surface area contributed by atoms with E-state index in [2.05, 4.69) is 0 Å². The Bertz CT molecular complexity index is 675. The molecule has 1 aromatic carbocycles. The lowest BCUT2D eigenvalue weighted by Gasteiger charge is -2.24. The van der Waals surface area contributed by atoms with Crippen LogP contribution in [0.1, 0.15) is 36.5 Å². The van der Waals surface area contributed by atoms with Crippen molar-refractivity contribution < 1.29 is 19.2 Å². The van der Waals surface area contributed by atoms with Crippen LogP contribution in [0.15, 0.2) is 24.3 Å². The Labute approximate surface area is 139 Å². The lowest BCUT2D eigenvalue weighted by molar-refractivity contribution is -0.385. The molecule has 3 rings (SSSR count). The van der Waals surface area contributed by atoms with Crippen molar-refractivity contribution in [2.75, 3.05) is 13.2 Å². The van der Waals surface area contributed by atoms with Gasteiger partial charge in [-0.15, -0.1) is 0 Å². The van der Waals surface area contributed by atoms with Crippen LogP contribution in [0.3, 0.4) is 0 Å². The quantitative estimate of drug-likeness (QED) is 0.469. The highest BCUT2D eigenvalue weighted by Gasteiger charge is 2.41. The van der Waals surface area contributed by atoms with E-state index in [4.69, 9.17) is 4.74 Å². The summed E-state index contributed by atoms with van der Waals surface area (Å²) >= 11 is 0. The Morgan fingerprint density at radius 1 is 1.38 bits per heavy atom. The number of esters is 1. The van der Waals surface area contributed by atoms with Gasteiger partial charge in [-0.25, -0.2) is 0 Å². The molecule has 0 spiro atoms. The van der Waals surface area contributed by atoms with E-state index in [1.54, 1.807) is 11.0 Å². The van der Waals surface area contributed by atoms with Gasteiger partial charge in [0.05, 0.1) is 16.9 Å². The van der Waals surface area contributed by atoms with Gasteiger partial charge in [0.15, 0.2) is 0 Å². The zero-order chi connectivity index (χ0) is 17.3. The second-order valence-corrected chi connectivity index (χ2v) is 6.52. The van der Waals surface area contributed by atoms with Crippen molar-refractivity contribution >= 4 is 17.6 Å². The molecule has 128 valence electrons. The fourth-order valence-electron chi connectivity index (χ4n) is 3.18. The van der Waals surface area contributed by atoms with Crippen molar-refractivity contribution in [3.8, 4) is 0 Å². The highest BCUT2D eigenvalue weighted by Crippen LogP contribution is 2.38. The average molecular weight is 332 g/mol. The summed E-state index contributed by atoms with van der Waals surface area (Å²) in [5.74, 6) is -0.204. The molecule has 3 atom stereocenters. The van der Waals surface area contributed by atoms with Gasteiger partial charge in [-0.3, -0.25) is 19.7 Å². The van der Waals surface area contributed by atoms with Gasteiger partial charge in [-0.2, -0.15) is 0 Å². The van der Waals surface area contributed by atoms with Gasteiger partial charge >= 0.3 is 5.97 Å². The van der Waals surface area contributed by atoms with Crippen LogP contribution in [0, 0.1) is 22.0 Å². The third-order valence-corrected chi connectivity index (χ3v) is 4.80. The highest BCUT2D eigenvalue weighted by atomic mass is 16.6. The molecular weight excluding hydrogens is 312 g/mol. The number of hydrogen-bond donors (Lipinski definition) is 0. The van der Waals surface area contributed by atoms with E-state index >= 15 is 0 Å². The van der Waals surface area contributed by atoms with Crippen LogP contribution < -0.4 is 0 Å². The molecule has 1 aromatic rings. The van der Waals surface area contributed by atoms with Crippen molar-refractivity contribution in [2.45, 2.75) is 32.2 Å². The number of para-hydroxylation sites is 1. The molecule has 2 aliphatic rings. The lowest BCUT2D eigenvalue weighted by atomic mass is 10.1. The number of carbonyl (C=O) groups excluding carboxylic acids is 2. The van der Waals surface area contributed by atoms with Crippen LogP contribution in [0.4, 0.5) is 5.69 Å². The van der Waals surface area contributed by atoms with Crippen LogP contribution in [0.2, 0.25) is 0 Å². The first-order valence-electron chi connectivity index (χ1n) is 8.20. The number of nitrogens with zero attached hydrogens (tertiary/aromatic N) is 2. The minimum Gasteiger partial charge on any atom is -0.463 e. The van der Waals surface area contributed by atoms with Gasteiger partial charge < -0.3 is 9.64 Å². The van der Waals surface area contributed by atoms with Gasteiger partial charge in [0.25, 0.3) is 11.6 Å². The van der Waals surface area contributed by atoms with Crippen molar-refractivity contribution in [2.24, 2.45) is 11.8 Å². The molecule has 0 aromatic heterocycles. The number of likely N-dealkylation sites (tertiary alicyclic amines) is 1. The van der Waals surface area contributed by atoms with E-state index in [9.17, 15) is 19.7 Å². The van der Waals surface area contributed by atoms with E-state index in [1.807, 2.05) is 6.92 Å². The number of hydrogen-bond acceptors (Lipinski definition) is 5. The molecule has 3 unspecified atom stereocenters. The van der Waals surface area contributed by atoms with Crippen molar-refractivity contribution in [1.82, 2.24) is 4.90 Å². The van der Waals surface area contributed by atoms with Crippen LogP contribution in [0.25, 0.3) is 0 Å². The number of carbonyl (C=O) groups is 2. The lowest BCUT2D eigenvalue weighted by Crippen LogP contribution is -2.39. The third kappa shape index (κ3) is 3.25. The first kappa shape index (κ1) is 16.4. The van der Waals surface area contributed by atoms with Gasteiger partial charge in [-0.1, -0.05) is 19.1 Å². The molecule has 0 radical (unpaired) electrons. The smallest absolute Gasteiger partial charge is 0.309 e. The Morgan fingerprint density at radius 3 is 2.75 bits per heavy atom. The fraction of sp³-hybridized carbons (Fsp3) is 0.529. The van der Waals surface area contributed by atoms with Crippen LogP contribution in [-0.4, -0.2) is 40.9 Å². The van der Waals surface area contributed by atoms with E-state index in [1.165, 1.54) is 18.2 Å². The zero-order valence-corrected chi connectivity index (χ0v) is 13.5. The number of rotatable bonds is 5. The molecule has 0 N–H and O–H groups in total. The molecule has 0 bridgehead atoms. The molecule has 1 saturated heterocycles. The first-order chi connectivity index (χ1) is 11.5. The molecule has 7 heteroatoms. The van der Waals surface area contributed by atoms with Crippen molar-refractivity contribution in [3.05, 3.63) is 39.9 Å². The van der Waals surface area contributed by atoms with E-state index in [0.29, 0.717) is 12.5 Å². The van der Waals surface area contributed by atoms with Crippen LogP contribution in [-0.2, 0) is 9.53 Å². The molecule has 7 nitrogen and oxygen atoms in total. The molecule has 1 amide bonds. The Balaban J connectivity index is 1.67. The van der Waals surface area contributed by atoms with E-state index < -0.39 is 4.92 Å². The predicted octanol–water partition coefficient (Wildman–Crippen LogP) is 2.40. The number of benzene rings is 1. The fourth-order valence-corrected chi connectivity index (χ4v) is 3.18. The van der Waals surface area contributed by atoms with E-state index in [-0.39, 0.29) is 41.7 Å². The largest absolute Gasteiger partial charge is 0.463 e. The molecule has 1 heterocycles. The Kier molecular flexibility index (Phi) is 4.51. The van der Waals surface area contributed by atoms with Crippen LogP contribution >= 0.6 is 0 Å². The highest BCUT2D eigenvalue weighted by molar-refractivity contribution is 5.98. The maximum absolute atomic E-state index is 12.7. The second kappa shape index (κ2) is 6.59. The maximum Gasteiger partial charge on any atom is 0.309 e. The normalized spacial score (nSPS) is 25.4. The summed E-state index contributed by atoms with van der Waals surface area (Å²) in [6, 6.07) is 5.73. The Morgan fingerprint density at radius 2 is 2.08 bits per heavy atom. The molecular formula is C17H20N2O5. The summed E-state index contributed by atoms with van der Waals surface area (Å²) in [6.07, 6.45) is 2.40. The summed E-state index contributed by atoms with van der Waals surface area (Å²) in [4.78, 5) is 36.7. The summed E-state index contributed by atoms with van der Waals surface area (Å²) in [5.41, 5.74) is -0.117. The molecule has 1 aliphatic carbocycles. The SMILES string of the molecule is CC1CC1C(=O)OCC1CCCN1C(=O)c1ccccc1[N+](=O)[O-]. The minimum atomic E-state index is -0.549. The molecule has 2 fully saturated rings. The number of nitro benzene ring substituents is 1. The van der Waals surface area contributed by atoms with Crippen molar-refractivity contribution in [3.63, 3.8) is 0 Å². The molecule has 1 saturated carbocycles. The Hall–Kier alpha value is -2.44.